The number of amides is 1. The van der Waals surface area contributed by atoms with E-state index in [4.69, 9.17) is 21.1 Å². The lowest BCUT2D eigenvalue weighted by atomic mass is 10.1. The van der Waals surface area contributed by atoms with E-state index >= 15 is 0 Å². The molecule has 1 saturated heterocycles. The van der Waals surface area contributed by atoms with Crippen molar-refractivity contribution >= 4 is 62.7 Å². The molecule has 1 fully saturated rings. The summed E-state index contributed by atoms with van der Waals surface area (Å²) in [4.78, 5) is 24.8. The number of ether oxygens (including phenoxy) is 2. The number of amidine groups is 1. The summed E-state index contributed by atoms with van der Waals surface area (Å²) >= 11 is 8.73. The third-order valence-corrected chi connectivity index (χ3v) is 7.49. The third-order valence-electron chi connectivity index (χ3n) is 5.41. The van der Waals surface area contributed by atoms with Gasteiger partial charge in [0.05, 0.1) is 23.4 Å². The predicted molar refractivity (Wildman–Crippen MR) is 152 cm³/mol. The van der Waals surface area contributed by atoms with Crippen molar-refractivity contribution in [2.45, 2.75) is 13.5 Å². The number of halogens is 1. The molecule has 0 aliphatic carbocycles. The van der Waals surface area contributed by atoms with Crippen LogP contribution in [-0.2, 0) is 11.4 Å². The van der Waals surface area contributed by atoms with Crippen LogP contribution in [0.25, 0.3) is 6.08 Å². The molecule has 2 heterocycles. The smallest absolute Gasteiger partial charge is 0.271 e. The first-order chi connectivity index (χ1) is 18.0. The van der Waals surface area contributed by atoms with Gasteiger partial charge >= 0.3 is 0 Å². The molecule has 0 unspecified atom stereocenters. The molecule has 0 spiro atoms. The maximum atomic E-state index is 13.5. The van der Waals surface area contributed by atoms with E-state index < -0.39 is 0 Å². The Labute approximate surface area is 228 Å². The first-order valence-corrected chi connectivity index (χ1v) is 13.4. The average molecular weight is 548 g/mol. The number of carbonyl (C=O) groups is 1. The molecule has 0 atom stereocenters. The second kappa shape index (κ2) is 11.2. The van der Waals surface area contributed by atoms with Crippen molar-refractivity contribution in [3.8, 4) is 11.5 Å². The van der Waals surface area contributed by atoms with Gasteiger partial charge in [-0.3, -0.25) is 9.69 Å². The number of hydrogen-bond acceptors (Lipinski definition) is 7. The van der Waals surface area contributed by atoms with Gasteiger partial charge in [-0.2, -0.15) is 4.99 Å². The van der Waals surface area contributed by atoms with Crippen molar-refractivity contribution in [3.05, 3.63) is 105 Å². The lowest BCUT2D eigenvalue weighted by molar-refractivity contribution is -0.113. The number of para-hydroxylation sites is 1. The van der Waals surface area contributed by atoms with Gasteiger partial charge in [-0.1, -0.05) is 48.0 Å². The van der Waals surface area contributed by atoms with Gasteiger partial charge in [0.1, 0.15) is 6.61 Å². The number of anilines is 1. The Kier molecular flexibility index (Phi) is 7.60. The minimum Gasteiger partial charge on any atom is -0.493 e. The summed E-state index contributed by atoms with van der Waals surface area (Å²) in [7, 11) is 1.59. The zero-order chi connectivity index (χ0) is 25.8. The Morgan fingerprint density at radius 1 is 1.05 bits per heavy atom. The van der Waals surface area contributed by atoms with E-state index in [-0.39, 0.29) is 5.91 Å². The number of hydrogen-bond donors (Lipinski definition) is 0. The third kappa shape index (κ3) is 5.88. The normalized spacial score (nSPS) is 15.5. The van der Waals surface area contributed by atoms with E-state index in [0.29, 0.717) is 38.3 Å². The molecule has 5 rings (SSSR count). The molecule has 0 saturated carbocycles. The second-order valence-corrected chi connectivity index (χ2v) is 10.4. The van der Waals surface area contributed by atoms with Crippen LogP contribution in [0.3, 0.4) is 0 Å². The van der Waals surface area contributed by atoms with Crippen molar-refractivity contribution in [1.82, 2.24) is 4.98 Å². The second-order valence-electron chi connectivity index (χ2n) is 8.08. The Morgan fingerprint density at radius 3 is 2.54 bits per heavy atom. The van der Waals surface area contributed by atoms with Gasteiger partial charge in [0, 0.05) is 10.4 Å². The molecular formula is C28H22ClN3O3S2. The van der Waals surface area contributed by atoms with Crippen LogP contribution in [0.4, 0.5) is 10.8 Å². The van der Waals surface area contributed by atoms with Crippen LogP contribution in [-0.4, -0.2) is 23.2 Å². The molecular weight excluding hydrogens is 526 g/mol. The molecule has 1 aromatic heterocycles. The van der Waals surface area contributed by atoms with Crippen molar-refractivity contribution in [2.24, 2.45) is 4.99 Å². The van der Waals surface area contributed by atoms with E-state index in [9.17, 15) is 4.79 Å². The van der Waals surface area contributed by atoms with Crippen molar-refractivity contribution in [2.75, 3.05) is 12.0 Å². The van der Waals surface area contributed by atoms with Crippen molar-refractivity contribution < 1.29 is 14.3 Å². The van der Waals surface area contributed by atoms with Gasteiger partial charge in [0.2, 0.25) is 5.13 Å². The van der Waals surface area contributed by atoms with Gasteiger partial charge < -0.3 is 9.47 Å². The monoisotopic (exact) mass is 547 g/mol. The number of nitrogens with zero attached hydrogens (tertiary/aromatic N) is 3. The molecule has 0 bridgehead atoms. The highest BCUT2D eigenvalue weighted by molar-refractivity contribution is 8.19. The molecule has 186 valence electrons. The zero-order valence-electron chi connectivity index (χ0n) is 20.1. The number of methoxy groups -OCH3 is 1. The van der Waals surface area contributed by atoms with Crippen LogP contribution in [0.5, 0.6) is 11.5 Å². The minimum absolute atomic E-state index is 0.148. The first kappa shape index (κ1) is 25.1. The van der Waals surface area contributed by atoms with E-state index in [0.717, 1.165) is 22.5 Å². The Bertz CT molecular complexity index is 1480. The van der Waals surface area contributed by atoms with Crippen LogP contribution in [0, 0.1) is 6.92 Å². The number of benzene rings is 3. The summed E-state index contributed by atoms with van der Waals surface area (Å²) < 4.78 is 11.5. The molecule has 1 aliphatic rings. The van der Waals surface area contributed by atoms with Crippen LogP contribution >= 0.6 is 34.7 Å². The van der Waals surface area contributed by atoms with Crippen LogP contribution in [0.2, 0.25) is 5.02 Å². The lowest BCUT2D eigenvalue weighted by Crippen LogP contribution is -2.28. The molecule has 3 aromatic carbocycles. The summed E-state index contributed by atoms with van der Waals surface area (Å²) in [6.07, 6.45) is 1.84. The van der Waals surface area contributed by atoms with E-state index in [1.807, 2.05) is 91.2 Å². The number of aliphatic imine (C=N–C) groups is 1. The highest BCUT2D eigenvalue weighted by Crippen LogP contribution is 2.38. The maximum absolute atomic E-state index is 13.5. The van der Waals surface area contributed by atoms with E-state index in [1.165, 1.54) is 23.1 Å². The van der Waals surface area contributed by atoms with Gasteiger partial charge in [-0.15, -0.1) is 11.3 Å². The number of thiazole rings is 1. The standard InChI is InChI=1S/C28H22ClN3O3S2/c1-18-17-36-27(30-18)31-28-32(22-6-4-3-5-7-22)26(33)25(37-28)15-20-10-13-23(24(14-20)34-2)35-16-19-8-11-21(29)12-9-19/h3-15,17H,16H2,1-2H3/b25-15-,31-28+. The summed E-state index contributed by atoms with van der Waals surface area (Å²) in [5, 5.41) is 3.79. The summed E-state index contributed by atoms with van der Waals surface area (Å²) in [6.45, 7) is 2.30. The zero-order valence-corrected chi connectivity index (χ0v) is 22.4. The fourth-order valence-corrected chi connectivity index (χ4v) is 5.44. The topological polar surface area (TPSA) is 64.0 Å². The molecule has 0 radical (unpaired) electrons. The van der Waals surface area contributed by atoms with Gasteiger partial charge in [0.25, 0.3) is 5.91 Å². The van der Waals surface area contributed by atoms with E-state index in [1.54, 1.807) is 12.0 Å². The number of thioether (sulfide) groups is 1. The number of aryl methyl sites for hydroxylation is 1. The van der Waals surface area contributed by atoms with Crippen LogP contribution < -0.4 is 14.4 Å². The van der Waals surface area contributed by atoms with Crippen molar-refractivity contribution in [1.29, 1.82) is 0 Å². The Morgan fingerprint density at radius 2 is 1.84 bits per heavy atom. The molecule has 0 N–H and O–H groups in total. The molecule has 4 aromatic rings. The minimum atomic E-state index is -0.148. The Balaban J connectivity index is 1.42. The fourth-order valence-electron chi connectivity index (χ4n) is 3.61. The fraction of sp³-hybridized carbons (Fsp3) is 0.107. The predicted octanol–water partition coefficient (Wildman–Crippen LogP) is 7.50. The highest BCUT2D eigenvalue weighted by atomic mass is 35.5. The molecule has 37 heavy (non-hydrogen) atoms. The lowest BCUT2D eigenvalue weighted by Gasteiger charge is -2.15. The summed E-state index contributed by atoms with van der Waals surface area (Å²) in [5.74, 6) is 1.04. The largest absolute Gasteiger partial charge is 0.493 e. The summed E-state index contributed by atoms with van der Waals surface area (Å²) in [5.41, 5.74) is 3.45. The average Bonchev–Trinajstić information content (AvgIpc) is 3.46. The van der Waals surface area contributed by atoms with Gasteiger partial charge in [-0.25, -0.2) is 4.98 Å². The molecule has 1 amide bonds. The van der Waals surface area contributed by atoms with Gasteiger partial charge in [-0.05, 0) is 72.3 Å². The first-order valence-electron chi connectivity index (χ1n) is 11.4. The SMILES string of the molecule is COc1cc(/C=C2\S/C(=N/c3nc(C)cs3)N(c3ccccc3)C2=O)ccc1OCc1ccc(Cl)cc1. The molecule has 1 aliphatic heterocycles. The quantitative estimate of drug-likeness (QED) is 0.224. The number of carbonyl (C=O) groups excluding carboxylic acids is 1. The van der Waals surface area contributed by atoms with Crippen molar-refractivity contribution in [3.63, 3.8) is 0 Å². The number of aromatic nitrogens is 1. The molecule has 9 heteroatoms. The maximum Gasteiger partial charge on any atom is 0.271 e. The van der Waals surface area contributed by atoms with Gasteiger partial charge in [0.15, 0.2) is 16.7 Å². The highest BCUT2D eigenvalue weighted by Gasteiger charge is 2.35. The summed E-state index contributed by atoms with van der Waals surface area (Å²) in [6, 6.07) is 22.6. The van der Waals surface area contributed by atoms with Crippen LogP contribution in [0.15, 0.2) is 88.1 Å². The molecule has 6 nitrogen and oxygen atoms in total. The Hall–Kier alpha value is -3.59. The number of rotatable bonds is 7. The van der Waals surface area contributed by atoms with Crippen LogP contribution in [0.1, 0.15) is 16.8 Å². The van der Waals surface area contributed by atoms with E-state index in [2.05, 4.69) is 9.98 Å².